The van der Waals surface area contributed by atoms with Gasteiger partial charge >= 0.3 is 0 Å². The smallest absolute Gasteiger partial charge is 0.123 e. The van der Waals surface area contributed by atoms with E-state index in [4.69, 9.17) is 4.74 Å². The molecule has 3 aromatic rings. The van der Waals surface area contributed by atoms with E-state index in [-0.39, 0.29) is 11.9 Å². The molecule has 3 heterocycles. The SMILES string of the molecule is Fc1ccc(-n2cccn2)c(CN2CCC[C@@H](OCc3ccccn3)C2)c1. The number of halogens is 1. The fourth-order valence-corrected chi connectivity index (χ4v) is 3.54. The molecule has 27 heavy (non-hydrogen) atoms. The third-order valence-corrected chi connectivity index (χ3v) is 4.84. The van der Waals surface area contributed by atoms with Crippen molar-refractivity contribution in [1.29, 1.82) is 0 Å². The van der Waals surface area contributed by atoms with Gasteiger partial charge in [0.15, 0.2) is 0 Å². The van der Waals surface area contributed by atoms with Gasteiger partial charge in [-0.1, -0.05) is 6.07 Å². The van der Waals surface area contributed by atoms with E-state index in [1.165, 1.54) is 6.07 Å². The lowest BCUT2D eigenvalue weighted by molar-refractivity contribution is -0.0132. The first-order chi connectivity index (χ1) is 13.3. The number of nitrogens with zero attached hydrogens (tertiary/aromatic N) is 4. The molecule has 0 amide bonds. The minimum atomic E-state index is -0.221. The van der Waals surface area contributed by atoms with Gasteiger partial charge in [0.1, 0.15) is 5.82 Å². The number of rotatable bonds is 6. The highest BCUT2D eigenvalue weighted by Gasteiger charge is 2.22. The maximum atomic E-state index is 13.8. The molecule has 0 N–H and O–H groups in total. The molecule has 6 heteroatoms. The van der Waals surface area contributed by atoms with Crippen molar-refractivity contribution < 1.29 is 9.13 Å². The van der Waals surface area contributed by atoms with E-state index < -0.39 is 0 Å². The Morgan fingerprint density at radius 2 is 2.11 bits per heavy atom. The number of likely N-dealkylation sites (tertiary alicyclic amines) is 1. The van der Waals surface area contributed by atoms with Crippen molar-refractivity contribution in [2.75, 3.05) is 13.1 Å². The summed E-state index contributed by atoms with van der Waals surface area (Å²) in [5, 5.41) is 4.29. The predicted octanol–water partition coefficient (Wildman–Crippen LogP) is 3.59. The van der Waals surface area contributed by atoms with Gasteiger partial charge in [-0.15, -0.1) is 0 Å². The van der Waals surface area contributed by atoms with Crippen LogP contribution in [0, 0.1) is 5.82 Å². The Morgan fingerprint density at radius 1 is 1.15 bits per heavy atom. The summed E-state index contributed by atoms with van der Waals surface area (Å²) >= 11 is 0. The van der Waals surface area contributed by atoms with Gasteiger partial charge in [-0.25, -0.2) is 9.07 Å². The Morgan fingerprint density at radius 3 is 2.93 bits per heavy atom. The molecule has 0 unspecified atom stereocenters. The number of hydrogen-bond donors (Lipinski definition) is 0. The molecule has 0 bridgehead atoms. The Balaban J connectivity index is 1.41. The topological polar surface area (TPSA) is 43.2 Å². The molecule has 1 atom stereocenters. The van der Waals surface area contributed by atoms with Crippen molar-refractivity contribution in [2.24, 2.45) is 0 Å². The average Bonchev–Trinajstić information content (AvgIpc) is 3.22. The van der Waals surface area contributed by atoms with Crippen LogP contribution in [-0.2, 0) is 17.9 Å². The molecule has 4 rings (SSSR count). The van der Waals surface area contributed by atoms with Crippen LogP contribution in [0.4, 0.5) is 4.39 Å². The number of piperidine rings is 1. The van der Waals surface area contributed by atoms with Crippen LogP contribution in [0.2, 0.25) is 0 Å². The number of ether oxygens (including phenoxy) is 1. The summed E-state index contributed by atoms with van der Waals surface area (Å²) in [5.41, 5.74) is 2.79. The largest absolute Gasteiger partial charge is 0.371 e. The zero-order chi connectivity index (χ0) is 18.5. The molecule has 1 saturated heterocycles. The highest BCUT2D eigenvalue weighted by molar-refractivity contribution is 5.40. The lowest BCUT2D eigenvalue weighted by Crippen LogP contribution is -2.39. The van der Waals surface area contributed by atoms with Gasteiger partial charge in [0, 0.05) is 31.7 Å². The molecule has 1 aromatic carbocycles. The van der Waals surface area contributed by atoms with Crippen LogP contribution in [0.1, 0.15) is 24.1 Å². The summed E-state index contributed by atoms with van der Waals surface area (Å²) in [7, 11) is 0. The summed E-state index contributed by atoms with van der Waals surface area (Å²) in [4.78, 5) is 6.64. The first kappa shape index (κ1) is 17.8. The first-order valence-electron chi connectivity index (χ1n) is 9.30. The number of pyridine rings is 1. The third kappa shape index (κ3) is 4.59. The standard InChI is InChI=1S/C21H23FN4O/c22-18-7-8-21(26-12-4-10-24-26)17(13-18)14-25-11-3-6-20(15-25)27-16-19-5-1-2-9-23-19/h1-2,4-5,7-10,12-13,20H,3,6,11,14-16H2/t20-/m1/s1. The predicted molar refractivity (Wildman–Crippen MR) is 101 cm³/mol. The molecule has 1 aliphatic rings. The van der Waals surface area contributed by atoms with E-state index in [2.05, 4.69) is 15.0 Å². The number of hydrogen-bond acceptors (Lipinski definition) is 4. The lowest BCUT2D eigenvalue weighted by Gasteiger charge is -2.33. The number of aromatic nitrogens is 3. The van der Waals surface area contributed by atoms with Gasteiger partial charge in [-0.3, -0.25) is 9.88 Å². The lowest BCUT2D eigenvalue weighted by atomic mass is 10.1. The van der Waals surface area contributed by atoms with Crippen LogP contribution < -0.4 is 0 Å². The summed E-state index contributed by atoms with van der Waals surface area (Å²) in [6, 6.07) is 12.6. The maximum absolute atomic E-state index is 13.8. The molecule has 0 aliphatic carbocycles. The molecule has 5 nitrogen and oxygen atoms in total. The quantitative estimate of drug-likeness (QED) is 0.669. The van der Waals surface area contributed by atoms with E-state index in [1.807, 2.05) is 30.5 Å². The van der Waals surface area contributed by atoms with E-state index in [0.29, 0.717) is 13.2 Å². The van der Waals surface area contributed by atoms with E-state index in [1.54, 1.807) is 29.2 Å². The van der Waals surface area contributed by atoms with Crippen LogP contribution in [0.3, 0.4) is 0 Å². The minimum Gasteiger partial charge on any atom is -0.371 e. The molecule has 140 valence electrons. The Hall–Kier alpha value is -2.57. The molecule has 2 aromatic heterocycles. The van der Waals surface area contributed by atoms with Crippen molar-refractivity contribution in [1.82, 2.24) is 19.7 Å². The van der Waals surface area contributed by atoms with Crippen LogP contribution in [0.15, 0.2) is 61.1 Å². The van der Waals surface area contributed by atoms with Crippen molar-refractivity contribution in [2.45, 2.75) is 32.1 Å². The highest BCUT2D eigenvalue weighted by Crippen LogP contribution is 2.21. The fourth-order valence-electron chi connectivity index (χ4n) is 3.54. The van der Waals surface area contributed by atoms with Gasteiger partial charge in [0.2, 0.25) is 0 Å². The van der Waals surface area contributed by atoms with Gasteiger partial charge in [-0.2, -0.15) is 5.10 Å². The van der Waals surface area contributed by atoms with Crippen LogP contribution in [0.5, 0.6) is 0 Å². The molecular weight excluding hydrogens is 343 g/mol. The highest BCUT2D eigenvalue weighted by atomic mass is 19.1. The van der Waals surface area contributed by atoms with Gasteiger partial charge in [0.05, 0.1) is 24.1 Å². The van der Waals surface area contributed by atoms with Crippen molar-refractivity contribution in [3.63, 3.8) is 0 Å². The monoisotopic (exact) mass is 366 g/mol. The summed E-state index contributed by atoms with van der Waals surface area (Å²) < 4.78 is 21.7. The molecule has 1 aliphatic heterocycles. The zero-order valence-corrected chi connectivity index (χ0v) is 15.2. The summed E-state index contributed by atoms with van der Waals surface area (Å²) in [6.45, 7) is 3.02. The van der Waals surface area contributed by atoms with E-state index >= 15 is 0 Å². The molecule has 0 spiro atoms. The van der Waals surface area contributed by atoms with Crippen molar-refractivity contribution >= 4 is 0 Å². The van der Waals surface area contributed by atoms with Gasteiger partial charge in [-0.05, 0) is 61.3 Å². The van der Waals surface area contributed by atoms with Gasteiger partial charge in [0.25, 0.3) is 0 Å². The second kappa shape index (κ2) is 8.41. The summed E-state index contributed by atoms with van der Waals surface area (Å²) in [6.07, 6.45) is 7.67. The van der Waals surface area contributed by atoms with Crippen LogP contribution in [-0.4, -0.2) is 38.9 Å². The molecule has 0 saturated carbocycles. The molecule has 0 radical (unpaired) electrons. The fraction of sp³-hybridized carbons (Fsp3) is 0.333. The molecule has 1 fully saturated rings. The Bertz CT molecular complexity index is 854. The second-order valence-electron chi connectivity index (χ2n) is 6.86. The summed E-state index contributed by atoms with van der Waals surface area (Å²) in [5.74, 6) is -0.221. The second-order valence-corrected chi connectivity index (χ2v) is 6.86. The van der Waals surface area contributed by atoms with Crippen molar-refractivity contribution in [3.8, 4) is 5.69 Å². The third-order valence-electron chi connectivity index (χ3n) is 4.84. The normalized spacial score (nSPS) is 17.9. The first-order valence-corrected chi connectivity index (χ1v) is 9.30. The maximum Gasteiger partial charge on any atom is 0.123 e. The Kier molecular flexibility index (Phi) is 5.55. The minimum absolute atomic E-state index is 0.169. The van der Waals surface area contributed by atoms with Crippen LogP contribution in [0.25, 0.3) is 5.69 Å². The number of benzene rings is 1. The average molecular weight is 366 g/mol. The van der Waals surface area contributed by atoms with E-state index in [9.17, 15) is 4.39 Å². The van der Waals surface area contributed by atoms with Crippen LogP contribution >= 0.6 is 0 Å². The zero-order valence-electron chi connectivity index (χ0n) is 15.2. The Labute approximate surface area is 158 Å². The van der Waals surface area contributed by atoms with Crippen molar-refractivity contribution in [3.05, 3.63) is 78.1 Å². The molecular formula is C21H23FN4O. The van der Waals surface area contributed by atoms with Gasteiger partial charge < -0.3 is 4.74 Å². The van der Waals surface area contributed by atoms with E-state index in [0.717, 1.165) is 42.9 Å².